The first-order valence-corrected chi connectivity index (χ1v) is 4.38. The van der Waals surface area contributed by atoms with E-state index in [1.54, 1.807) is 18.1 Å². The SMILES string of the molecule is CCC(=O)N(C)Cc1ccccn1. The summed E-state index contributed by atoms with van der Waals surface area (Å²) in [5.74, 6) is 0.144. The molecule has 0 atom stereocenters. The van der Waals surface area contributed by atoms with Crippen molar-refractivity contribution in [2.24, 2.45) is 0 Å². The minimum atomic E-state index is 0.144. The van der Waals surface area contributed by atoms with Crippen LogP contribution < -0.4 is 0 Å². The summed E-state index contributed by atoms with van der Waals surface area (Å²) < 4.78 is 0. The maximum Gasteiger partial charge on any atom is 0.222 e. The van der Waals surface area contributed by atoms with Crippen LogP contribution in [0.3, 0.4) is 0 Å². The van der Waals surface area contributed by atoms with Gasteiger partial charge in [0.05, 0.1) is 12.2 Å². The van der Waals surface area contributed by atoms with Crippen LogP contribution in [0, 0.1) is 0 Å². The maximum atomic E-state index is 11.2. The van der Waals surface area contributed by atoms with Crippen LogP contribution in [-0.4, -0.2) is 22.8 Å². The Bertz CT molecular complexity index is 272. The molecular formula is C10H14N2O. The Kier molecular flexibility index (Phi) is 3.43. The third-order valence-corrected chi connectivity index (χ3v) is 1.85. The smallest absolute Gasteiger partial charge is 0.222 e. The van der Waals surface area contributed by atoms with Crippen molar-refractivity contribution in [1.29, 1.82) is 0 Å². The van der Waals surface area contributed by atoms with Gasteiger partial charge in [-0.25, -0.2) is 0 Å². The summed E-state index contributed by atoms with van der Waals surface area (Å²) in [5.41, 5.74) is 0.923. The van der Waals surface area contributed by atoms with E-state index in [4.69, 9.17) is 0 Å². The van der Waals surface area contributed by atoms with E-state index in [1.165, 1.54) is 0 Å². The second-order valence-electron chi connectivity index (χ2n) is 2.92. The number of carbonyl (C=O) groups is 1. The predicted octanol–water partition coefficient (Wildman–Crippen LogP) is 1.45. The molecule has 1 rings (SSSR count). The van der Waals surface area contributed by atoms with Gasteiger partial charge in [0.2, 0.25) is 5.91 Å². The van der Waals surface area contributed by atoms with Gasteiger partial charge in [0, 0.05) is 19.7 Å². The zero-order valence-corrected chi connectivity index (χ0v) is 8.03. The van der Waals surface area contributed by atoms with Crippen molar-refractivity contribution < 1.29 is 4.79 Å². The predicted molar refractivity (Wildman–Crippen MR) is 51.0 cm³/mol. The Labute approximate surface area is 78.4 Å². The Balaban J connectivity index is 2.55. The van der Waals surface area contributed by atoms with E-state index in [0.29, 0.717) is 13.0 Å². The number of hydrogen-bond acceptors (Lipinski definition) is 2. The molecule has 0 N–H and O–H groups in total. The van der Waals surface area contributed by atoms with E-state index < -0.39 is 0 Å². The van der Waals surface area contributed by atoms with Crippen molar-refractivity contribution in [1.82, 2.24) is 9.88 Å². The van der Waals surface area contributed by atoms with Gasteiger partial charge in [-0.1, -0.05) is 13.0 Å². The Hall–Kier alpha value is -1.38. The van der Waals surface area contributed by atoms with Crippen molar-refractivity contribution >= 4 is 5.91 Å². The summed E-state index contributed by atoms with van der Waals surface area (Å²) in [6.45, 7) is 2.45. The number of pyridine rings is 1. The molecule has 0 bridgehead atoms. The maximum absolute atomic E-state index is 11.2. The van der Waals surface area contributed by atoms with E-state index >= 15 is 0 Å². The Morgan fingerprint density at radius 1 is 1.54 bits per heavy atom. The number of aromatic nitrogens is 1. The molecule has 1 aromatic heterocycles. The van der Waals surface area contributed by atoms with E-state index in [9.17, 15) is 4.79 Å². The van der Waals surface area contributed by atoms with Crippen molar-refractivity contribution in [2.45, 2.75) is 19.9 Å². The molecule has 0 aliphatic heterocycles. The summed E-state index contributed by atoms with van der Waals surface area (Å²) in [6.07, 6.45) is 2.28. The van der Waals surface area contributed by atoms with Crippen LogP contribution >= 0.6 is 0 Å². The molecule has 1 amide bonds. The van der Waals surface area contributed by atoms with Gasteiger partial charge in [0.15, 0.2) is 0 Å². The molecule has 0 aromatic carbocycles. The summed E-state index contributed by atoms with van der Waals surface area (Å²) in [6, 6.07) is 5.71. The van der Waals surface area contributed by atoms with Crippen LogP contribution in [0.5, 0.6) is 0 Å². The first-order chi connectivity index (χ1) is 6.24. The first kappa shape index (κ1) is 9.71. The number of carbonyl (C=O) groups excluding carboxylic acids is 1. The first-order valence-electron chi connectivity index (χ1n) is 4.38. The molecule has 0 aliphatic rings. The lowest BCUT2D eigenvalue weighted by Crippen LogP contribution is -2.25. The van der Waals surface area contributed by atoms with Crippen LogP contribution in [-0.2, 0) is 11.3 Å². The zero-order valence-electron chi connectivity index (χ0n) is 8.03. The second-order valence-corrected chi connectivity index (χ2v) is 2.92. The molecule has 13 heavy (non-hydrogen) atoms. The lowest BCUT2D eigenvalue weighted by molar-refractivity contribution is -0.130. The van der Waals surface area contributed by atoms with Crippen LogP contribution in [0.25, 0.3) is 0 Å². The van der Waals surface area contributed by atoms with Crippen LogP contribution in [0.1, 0.15) is 19.0 Å². The highest BCUT2D eigenvalue weighted by atomic mass is 16.2. The van der Waals surface area contributed by atoms with Crippen molar-refractivity contribution in [3.63, 3.8) is 0 Å². The molecule has 3 nitrogen and oxygen atoms in total. The van der Waals surface area contributed by atoms with Gasteiger partial charge >= 0.3 is 0 Å². The second kappa shape index (κ2) is 4.60. The van der Waals surface area contributed by atoms with E-state index in [2.05, 4.69) is 4.98 Å². The molecule has 3 heteroatoms. The van der Waals surface area contributed by atoms with Gasteiger partial charge in [-0.15, -0.1) is 0 Å². The van der Waals surface area contributed by atoms with Gasteiger partial charge in [-0.3, -0.25) is 9.78 Å². The fraction of sp³-hybridized carbons (Fsp3) is 0.400. The highest BCUT2D eigenvalue weighted by molar-refractivity contribution is 5.75. The normalized spacial score (nSPS) is 9.69. The van der Waals surface area contributed by atoms with E-state index in [1.807, 2.05) is 25.1 Å². The standard InChI is InChI=1S/C10H14N2O/c1-3-10(13)12(2)8-9-6-4-5-7-11-9/h4-7H,3,8H2,1-2H3. The molecule has 0 saturated carbocycles. The fourth-order valence-corrected chi connectivity index (χ4v) is 1.09. The molecule has 0 spiro atoms. The average Bonchev–Trinajstić information content (AvgIpc) is 2.18. The van der Waals surface area contributed by atoms with Gasteiger partial charge in [0.25, 0.3) is 0 Å². The van der Waals surface area contributed by atoms with Crippen LogP contribution in [0.15, 0.2) is 24.4 Å². The van der Waals surface area contributed by atoms with Gasteiger partial charge < -0.3 is 4.90 Å². The Morgan fingerprint density at radius 3 is 2.85 bits per heavy atom. The lowest BCUT2D eigenvalue weighted by atomic mass is 10.3. The monoisotopic (exact) mass is 178 g/mol. The minimum Gasteiger partial charge on any atom is -0.340 e. The largest absolute Gasteiger partial charge is 0.340 e. The summed E-state index contributed by atoms with van der Waals surface area (Å²) in [4.78, 5) is 17.0. The molecular weight excluding hydrogens is 164 g/mol. The molecule has 1 aromatic rings. The number of nitrogens with zero attached hydrogens (tertiary/aromatic N) is 2. The molecule has 0 fully saturated rings. The van der Waals surface area contributed by atoms with E-state index in [0.717, 1.165) is 5.69 Å². The third-order valence-electron chi connectivity index (χ3n) is 1.85. The van der Waals surface area contributed by atoms with Gasteiger partial charge in [-0.2, -0.15) is 0 Å². The third kappa shape index (κ3) is 2.86. The van der Waals surface area contributed by atoms with Crippen LogP contribution in [0.2, 0.25) is 0 Å². The van der Waals surface area contributed by atoms with E-state index in [-0.39, 0.29) is 5.91 Å². The summed E-state index contributed by atoms with van der Waals surface area (Å²) >= 11 is 0. The van der Waals surface area contributed by atoms with Gasteiger partial charge in [0.1, 0.15) is 0 Å². The summed E-state index contributed by atoms with van der Waals surface area (Å²) in [7, 11) is 1.79. The highest BCUT2D eigenvalue weighted by Gasteiger charge is 2.05. The average molecular weight is 178 g/mol. The molecule has 1 heterocycles. The molecule has 0 unspecified atom stereocenters. The fourth-order valence-electron chi connectivity index (χ4n) is 1.09. The minimum absolute atomic E-state index is 0.144. The number of hydrogen-bond donors (Lipinski definition) is 0. The number of amides is 1. The molecule has 0 saturated heterocycles. The quantitative estimate of drug-likeness (QED) is 0.701. The molecule has 0 radical (unpaired) electrons. The molecule has 70 valence electrons. The number of rotatable bonds is 3. The van der Waals surface area contributed by atoms with Crippen molar-refractivity contribution in [3.8, 4) is 0 Å². The lowest BCUT2D eigenvalue weighted by Gasteiger charge is -2.15. The van der Waals surface area contributed by atoms with Gasteiger partial charge in [-0.05, 0) is 12.1 Å². The van der Waals surface area contributed by atoms with Crippen molar-refractivity contribution in [2.75, 3.05) is 7.05 Å². The topological polar surface area (TPSA) is 33.2 Å². The summed E-state index contributed by atoms with van der Waals surface area (Å²) in [5, 5.41) is 0. The van der Waals surface area contributed by atoms with Crippen molar-refractivity contribution in [3.05, 3.63) is 30.1 Å². The molecule has 0 aliphatic carbocycles. The Morgan fingerprint density at radius 2 is 2.31 bits per heavy atom. The zero-order chi connectivity index (χ0) is 9.68. The van der Waals surface area contributed by atoms with Crippen LogP contribution in [0.4, 0.5) is 0 Å². The highest BCUT2D eigenvalue weighted by Crippen LogP contribution is 1.99.